The van der Waals surface area contributed by atoms with E-state index in [0.29, 0.717) is 5.02 Å². The van der Waals surface area contributed by atoms with E-state index < -0.39 is 11.9 Å². The SMILES string of the molecule is CCCn1cc(C(Nc2cccc(Cl)c2)C(N)=O)cn1. The van der Waals surface area contributed by atoms with E-state index in [-0.39, 0.29) is 0 Å². The van der Waals surface area contributed by atoms with Crippen molar-refractivity contribution >= 4 is 23.2 Å². The molecule has 0 fully saturated rings. The number of nitrogens with one attached hydrogen (secondary N) is 1. The minimum atomic E-state index is -0.626. The van der Waals surface area contributed by atoms with Gasteiger partial charge in [-0.3, -0.25) is 9.48 Å². The summed E-state index contributed by atoms with van der Waals surface area (Å²) in [6, 6.07) is 6.53. The van der Waals surface area contributed by atoms with Crippen LogP contribution in [0.4, 0.5) is 5.69 Å². The van der Waals surface area contributed by atoms with Gasteiger partial charge in [0.2, 0.25) is 5.91 Å². The topological polar surface area (TPSA) is 72.9 Å². The molecule has 0 bridgehead atoms. The highest BCUT2D eigenvalue weighted by Crippen LogP contribution is 2.21. The summed E-state index contributed by atoms with van der Waals surface area (Å²) in [5.41, 5.74) is 6.95. The number of primary amides is 1. The summed E-state index contributed by atoms with van der Waals surface area (Å²) in [6.07, 6.45) is 4.46. The van der Waals surface area contributed by atoms with E-state index in [1.807, 2.05) is 18.3 Å². The Hall–Kier alpha value is -2.01. The second-order valence-electron chi connectivity index (χ2n) is 4.53. The van der Waals surface area contributed by atoms with Crippen molar-refractivity contribution in [2.45, 2.75) is 25.9 Å². The second kappa shape index (κ2) is 6.43. The van der Waals surface area contributed by atoms with Gasteiger partial charge in [-0.2, -0.15) is 5.10 Å². The number of amides is 1. The summed E-state index contributed by atoms with van der Waals surface area (Å²) in [5, 5.41) is 7.89. The van der Waals surface area contributed by atoms with Crippen LogP contribution in [0.3, 0.4) is 0 Å². The molecule has 1 aromatic carbocycles. The maximum absolute atomic E-state index is 11.6. The number of carbonyl (C=O) groups excluding carboxylic acids is 1. The molecule has 0 saturated carbocycles. The number of hydrogen-bond donors (Lipinski definition) is 2. The zero-order valence-corrected chi connectivity index (χ0v) is 12.0. The van der Waals surface area contributed by atoms with Crippen LogP contribution in [-0.4, -0.2) is 15.7 Å². The predicted molar refractivity (Wildman–Crippen MR) is 79.5 cm³/mol. The Morgan fingerprint density at radius 1 is 1.55 bits per heavy atom. The number of anilines is 1. The average Bonchev–Trinajstić information content (AvgIpc) is 2.84. The number of rotatable bonds is 6. The molecule has 0 aliphatic carbocycles. The molecule has 2 aromatic rings. The van der Waals surface area contributed by atoms with Gasteiger partial charge < -0.3 is 11.1 Å². The van der Waals surface area contributed by atoms with Gasteiger partial charge in [-0.05, 0) is 24.6 Å². The molecule has 0 aliphatic rings. The van der Waals surface area contributed by atoms with Crippen LogP contribution in [-0.2, 0) is 11.3 Å². The van der Waals surface area contributed by atoms with E-state index in [1.54, 1.807) is 23.0 Å². The maximum Gasteiger partial charge on any atom is 0.244 e. The minimum absolute atomic E-state index is 0.457. The van der Waals surface area contributed by atoms with Crippen molar-refractivity contribution in [3.8, 4) is 0 Å². The highest BCUT2D eigenvalue weighted by molar-refractivity contribution is 6.30. The number of nitrogens with two attached hydrogens (primary N) is 1. The molecule has 1 amide bonds. The molecular weight excluding hydrogens is 276 g/mol. The number of carbonyl (C=O) groups is 1. The highest BCUT2D eigenvalue weighted by Gasteiger charge is 2.19. The Bertz CT molecular complexity index is 596. The third kappa shape index (κ3) is 3.51. The van der Waals surface area contributed by atoms with Gasteiger partial charge in [0, 0.05) is 29.0 Å². The smallest absolute Gasteiger partial charge is 0.244 e. The Labute approximate surface area is 122 Å². The monoisotopic (exact) mass is 292 g/mol. The van der Waals surface area contributed by atoms with Crippen LogP contribution >= 0.6 is 11.6 Å². The number of aryl methyl sites for hydroxylation is 1. The lowest BCUT2D eigenvalue weighted by atomic mass is 10.1. The van der Waals surface area contributed by atoms with Crippen LogP contribution < -0.4 is 11.1 Å². The first kappa shape index (κ1) is 14.4. The Balaban J connectivity index is 2.20. The quantitative estimate of drug-likeness (QED) is 0.859. The molecule has 1 aromatic heterocycles. The molecule has 106 valence electrons. The van der Waals surface area contributed by atoms with E-state index >= 15 is 0 Å². The van der Waals surface area contributed by atoms with Gasteiger partial charge in [0.1, 0.15) is 6.04 Å². The van der Waals surface area contributed by atoms with Crippen LogP contribution in [0.1, 0.15) is 24.9 Å². The van der Waals surface area contributed by atoms with Crippen molar-refractivity contribution in [1.82, 2.24) is 9.78 Å². The Morgan fingerprint density at radius 2 is 2.35 bits per heavy atom. The van der Waals surface area contributed by atoms with E-state index in [1.165, 1.54) is 0 Å². The van der Waals surface area contributed by atoms with Crippen molar-refractivity contribution < 1.29 is 4.79 Å². The number of halogens is 1. The lowest BCUT2D eigenvalue weighted by Gasteiger charge is -2.15. The molecule has 0 spiro atoms. The standard InChI is InChI=1S/C14H17ClN4O/c1-2-6-19-9-10(8-17-19)13(14(16)20)18-12-5-3-4-11(15)7-12/h3-5,7-9,13,18H,2,6H2,1H3,(H2,16,20). The summed E-state index contributed by atoms with van der Waals surface area (Å²) < 4.78 is 1.80. The molecule has 0 aliphatic heterocycles. The molecule has 6 heteroatoms. The number of benzene rings is 1. The second-order valence-corrected chi connectivity index (χ2v) is 4.96. The van der Waals surface area contributed by atoms with Crippen molar-refractivity contribution in [1.29, 1.82) is 0 Å². The first-order chi connectivity index (χ1) is 9.60. The van der Waals surface area contributed by atoms with Gasteiger partial charge >= 0.3 is 0 Å². The molecule has 0 saturated heterocycles. The molecular formula is C14H17ClN4O. The zero-order valence-electron chi connectivity index (χ0n) is 11.2. The van der Waals surface area contributed by atoms with Gasteiger partial charge in [-0.1, -0.05) is 24.6 Å². The summed E-state index contributed by atoms with van der Waals surface area (Å²) >= 11 is 5.93. The molecule has 3 N–H and O–H groups in total. The summed E-state index contributed by atoms with van der Waals surface area (Å²) in [5.74, 6) is -0.457. The predicted octanol–water partition coefficient (Wildman–Crippen LogP) is 2.58. The van der Waals surface area contributed by atoms with Crippen LogP contribution in [0.5, 0.6) is 0 Å². The molecule has 1 heterocycles. The van der Waals surface area contributed by atoms with Crippen molar-refractivity contribution in [2.24, 2.45) is 5.73 Å². The molecule has 20 heavy (non-hydrogen) atoms. The molecule has 0 radical (unpaired) electrons. The first-order valence-electron chi connectivity index (χ1n) is 6.44. The lowest BCUT2D eigenvalue weighted by molar-refractivity contribution is -0.118. The molecule has 1 atom stereocenters. The van der Waals surface area contributed by atoms with E-state index in [9.17, 15) is 4.79 Å². The minimum Gasteiger partial charge on any atom is -0.370 e. The van der Waals surface area contributed by atoms with Crippen LogP contribution in [0.2, 0.25) is 5.02 Å². The van der Waals surface area contributed by atoms with Gasteiger partial charge in [-0.25, -0.2) is 0 Å². The van der Waals surface area contributed by atoms with Crippen molar-refractivity contribution in [3.05, 3.63) is 47.2 Å². The fraction of sp³-hybridized carbons (Fsp3) is 0.286. The molecule has 5 nitrogen and oxygen atoms in total. The van der Waals surface area contributed by atoms with Gasteiger partial charge in [0.05, 0.1) is 6.20 Å². The summed E-state index contributed by atoms with van der Waals surface area (Å²) in [6.45, 7) is 2.87. The summed E-state index contributed by atoms with van der Waals surface area (Å²) in [7, 11) is 0. The maximum atomic E-state index is 11.6. The van der Waals surface area contributed by atoms with Crippen molar-refractivity contribution in [2.75, 3.05) is 5.32 Å². The first-order valence-corrected chi connectivity index (χ1v) is 6.81. The highest BCUT2D eigenvalue weighted by atomic mass is 35.5. The number of hydrogen-bond acceptors (Lipinski definition) is 3. The van der Waals surface area contributed by atoms with E-state index in [0.717, 1.165) is 24.2 Å². The normalized spacial score (nSPS) is 12.1. The third-order valence-electron chi connectivity index (χ3n) is 2.86. The van der Waals surface area contributed by atoms with E-state index in [2.05, 4.69) is 17.3 Å². The fourth-order valence-electron chi connectivity index (χ4n) is 1.94. The van der Waals surface area contributed by atoms with Crippen LogP contribution in [0.25, 0.3) is 0 Å². The van der Waals surface area contributed by atoms with Crippen molar-refractivity contribution in [3.63, 3.8) is 0 Å². The third-order valence-corrected chi connectivity index (χ3v) is 3.09. The molecule has 1 unspecified atom stereocenters. The van der Waals surface area contributed by atoms with Gasteiger partial charge in [-0.15, -0.1) is 0 Å². The molecule has 2 rings (SSSR count). The number of nitrogens with zero attached hydrogens (tertiary/aromatic N) is 2. The Morgan fingerprint density at radius 3 is 3.00 bits per heavy atom. The van der Waals surface area contributed by atoms with Crippen LogP contribution in [0.15, 0.2) is 36.7 Å². The van der Waals surface area contributed by atoms with Gasteiger partial charge in [0.25, 0.3) is 0 Å². The largest absolute Gasteiger partial charge is 0.370 e. The van der Waals surface area contributed by atoms with Gasteiger partial charge in [0.15, 0.2) is 0 Å². The fourth-order valence-corrected chi connectivity index (χ4v) is 2.13. The summed E-state index contributed by atoms with van der Waals surface area (Å²) in [4.78, 5) is 11.6. The number of aromatic nitrogens is 2. The zero-order chi connectivity index (χ0) is 14.5. The van der Waals surface area contributed by atoms with Crippen LogP contribution in [0, 0.1) is 0 Å². The van der Waals surface area contributed by atoms with E-state index in [4.69, 9.17) is 17.3 Å². The Kier molecular flexibility index (Phi) is 4.63. The average molecular weight is 293 g/mol. The lowest BCUT2D eigenvalue weighted by Crippen LogP contribution is -2.27.